The van der Waals surface area contributed by atoms with Crippen LogP contribution in [0.5, 0.6) is 5.75 Å². The summed E-state index contributed by atoms with van der Waals surface area (Å²) >= 11 is 1.70. The van der Waals surface area contributed by atoms with E-state index in [0.29, 0.717) is 0 Å². The molecule has 1 fully saturated rings. The molecule has 1 aliphatic heterocycles. The minimum absolute atomic E-state index is 0.0415. The Bertz CT molecular complexity index is 933. The van der Waals surface area contributed by atoms with Crippen molar-refractivity contribution < 1.29 is 9.53 Å². The Morgan fingerprint density at radius 1 is 1.19 bits per heavy atom. The van der Waals surface area contributed by atoms with Crippen molar-refractivity contribution >= 4 is 27.5 Å². The predicted octanol–water partition coefficient (Wildman–Crippen LogP) is 5.05. The number of thiazole rings is 1. The van der Waals surface area contributed by atoms with Crippen LogP contribution in [0, 0.1) is 13.8 Å². The van der Waals surface area contributed by atoms with Gasteiger partial charge in [-0.1, -0.05) is 24.3 Å². The second-order valence-electron chi connectivity index (χ2n) is 7.11. The second-order valence-corrected chi connectivity index (χ2v) is 8.17. The maximum atomic E-state index is 12.9. The number of para-hydroxylation sites is 1. The van der Waals surface area contributed by atoms with Gasteiger partial charge in [0.15, 0.2) is 6.61 Å². The van der Waals surface area contributed by atoms with Gasteiger partial charge in [0.1, 0.15) is 10.8 Å². The van der Waals surface area contributed by atoms with Crippen LogP contribution < -0.4 is 4.74 Å². The topological polar surface area (TPSA) is 42.4 Å². The molecule has 1 aliphatic rings. The molecule has 1 amide bonds. The Morgan fingerprint density at radius 3 is 2.89 bits per heavy atom. The Hall–Kier alpha value is -2.40. The standard InChI is InChI=1S/C22H24N2O2S/c1-15-8-7-11-19(16(15)2)26-14-21(25)24-13-6-5-10-18(24)22-23-17-9-3-4-12-20(17)27-22/h3-4,7-9,11-12,18H,5-6,10,13-14H2,1-2H3. The van der Waals surface area contributed by atoms with Crippen LogP contribution >= 0.6 is 11.3 Å². The highest BCUT2D eigenvalue weighted by Gasteiger charge is 2.30. The number of amides is 1. The number of rotatable bonds is 4. The maximum Gasteiger partial charge on any atom is 0.261 e. The van der Waals surface area contributed by atoms with E-state index >= 15 is 0 Å². The molecule has 1 saturated heterocycles. The zero-order valence-electron chi connectivity index (χ0n) is 15.8. The smallest absolute Gasteiger partial charge is 0.261 e. The number of fused-ring (bicyclic) bond motifs is 1. The van der Waals surface area contributed by atoms with Crippen molar-refractivity contribution in [1.29, 1.82) is 0 Å². The molecule has 4 rings (SSSR count). The molecule has 0 saturated carbocycles. The Morgan fingerprint density at radius 2 is 2.04 bits per heavy atom. The fourth-order valence-corrected chi connectivity index (χ4v) is 4.74. The normalized spacial score (nSPS) is 17.3. The van der Waals surface area contributed by atoms with E-state index in [1.807, 2.05) is 42.2 Å². The summed E-state index contributed by atoms with van der Waals surface area (Å²) in [5, 5.41) is 1.04. The quantitative estimate of drug-likeness (QED) is 0.636. The molecule has 4 nitrogen and oxygen atoms in total. The molecule has 5 heteroatoms. The molecule has 0 N–H and O–H groups in total. The van der Waals surface area contributed by atoms with Crippen molar-refractivity contribution in [2.75, 3.05) is 13.2 Å². The van der Waals surface area contributed by atoms with Crippen LogP contribution in [0.25, 0.3) is 10.2 Å². The van der Waals surface area contributed by atoms with Crippen molar-refractivity contribution in [2.45, 2.75) is 39.2 Å². The summed E-state index contributed by atoms with van der Waals surface area (Å²) in [6, 6.07) is 14.2. The molecule has 27 heavy (non-hydrogen) atoms. The number of hydrogen-bond donors (Lipinski definition) is 0. The van der Waals surface area contributed by atoms with Crippen molar-refractivity contribution in [3.05, 3.63) is 58.6 Å². The number of aromatic nitrogens is 1. The van der Waals surface area contributed by atoms with Crippen molar-refractivity contribution in [1.82, 2.24) is 9.88 Å². The first kappa shape index (κ1) is 18.0. The molecule has 0 radical (unpaired) electrons. The predicted molar refractivity (Wildman–Crippen MR) is 109 cm³/mol. The van der Waals surface area contributed by atoms with Gasteiger partial charge < -0.3 is 9.64 Å². The number of benzene rings is 2. The Kier molecular flexibility index (Phi) is 5.12. The van der Waals surface area contributed by atoms with E-state index in [9.17, 15) is 4.79 Å². The van der Waals surface area contributed by atoms with Crippen LogP contribution in [0.4, 0.5) is 0 Å². The SMILES string of the molecule is Cc1cccc(OCC(=O)N2CCCCC2c2nc3ccccc3s2)c1C. The number of piperidine rings is 1. The molecule has 0 spiro atoms. The van der Waals surface area contributed by atoms with E-state index in [1.165, 1.54) is 10.3 Å². The third-order valence-corrected chi connectivity index (χ3v) is 6.46. The fraction of sp³-hybridized carbons (Fsp3) is 0.364. The number of ether oxygens (including phenoxy) is 1. The minimum Gasteiger partial charge on any atom is -0.483 e. The third-order valence-electron chi connectivity index (χ3n) is 5.32. The zero-order chi connectivity index (χ0) is 18.8. The number of nitrogens with zero attached hydrogens (tertiary/aromatic N) is 2. The van der Waals surface area contributed by atoms with Gasteiger partial charge in [-0.15, -0.1) is 11.3 Å². The highest BCUT2D eigenvalue weighted by molar-refractivity contribution is 7.18. The van der Waals surface area contributed by atoms with E-state index in [-0.39, 0.29) is 18.6 Å². The lowest BCUT2D eigenvalue weighted by Gasteiger charge is -2.34. The highest BCUT2D eigenvalue weighted by Crippen LogP contribution is 2.35. The van der Waals surface area contributed by atoms with Crippen molar-refractivity contribution in [2.24, 2.45) is 0 Å². The van der Waals surface area contributed by atoms with E-state index < -0.39 is 0 Å². The van der Waals surface area contributed by atoms with E-state index in [2.05, 4.69) is 19.1 Å². The summed E-state index contributed by atoms with van der Waals surface area (Å²) < 4.78 is 7.05. The third kappa shape index (κ3) is 3.69. The Labute approximate surface area is 163 Å². The lowest BCUT2D eigenvalue weighted by atomic mass is 10.0. The summed E-state index contributed by atoms with van der Waals surface area (Å²) in [5.41, 5.74) is 3.28. The number of aryl methyl sites for hydroxylation is 1. The van der Waals surface area contributed by atoms with Crippen LogP contribution in [0.3, 0.4) is 0 Å². The first-order chi connectivity index (χ1) is 13.1. The van der Waals surface area contributed by atoms with Crippen LogP contribution in [0.15, 0.2) is 42.5 Å². The van der Waals surface area contributed by atoms with Crippen LogP contribution in [0.1, 0.15) is 41.4 Å². The van der Waals surface area contributed by atoms with Gasteiger partial charge in [0.2, 0.25) is 0 Å². The second kappa shape index (κ2) is 7.69. The van der Waals surface area contributed by atoms with Gasteiger partial charge in [-0.25, -0.2) is 4.98 Å². The van der Waals surface area contributed by atoms with Gasteiger partial charge in [-0.3, -0.25) is 4.79 Å². The molecule has 1 atom stereocenters. The average Bonchev–Trinajstić information content (AvgIpc) is 3.13. The Balaban J connectivity index is 1.51. The molecule has 0 aliphatic carbocycles. The van der Waals surface area contributed by atoms with Gasteiger partial charge in [-0.05, 0) is 62.4 Å². The monoisotopic (exact) mass is 380 g/mol. The highest BCUT2D eigenvalue weighted by atomic mass is 32.1. The molecular formula is C22H24N2O2S. The van der Waals surface area contributed by atoms with Gasteiger partial charge >= 0.3 is 0 Å². The molecule has 2 heterocycles. The van der Waals surface area contributed by atoms with Gasteiger partial charge in [0.25, 0.3) is 5.91 Å². The fourth-order valence-electron chi connectivity index (χ4n) is 3.62. The minimum atomic E-state index is 0.0415. The van der Waals surface area contributed by atoms with Gasteiger partial charge in [0.05, 0.1) is 16.3 Å². The summed E-state index contributed by atoms with van der Waals surface area (Å²) in [6.45, 7) is 4.93. The van der Waals surface area contributed by atoms with Crippen LogP contribution in [0.2, 0.25) is 0 Å². The number of hydrogen-bond acceptors (Lipinski definition) is 4. The number of carbonyl (C=O) groups excluding carboxylic acids is 1. The lowest BCUT2D eigenvalue weighted by Crippen LogP contribution is -2.41. The first-order valence-electron chi connectivity index (χ1n) is 9.47. The summed E-state index contributed by atoms with van der Waals surface area (Å²) in [5.74, 6) is 0.830. The van der Waals surface area contributed by atoms with Gasteiger partial charge in [0, 0.05) is 6.54 Å². The van der Waals surface area contributed by atoms with Crippen LogP contribution in [-0.2, 0) is 4.79 Å². The van der Waals surface area contributed by atoms with E-state index in [4.69, 9.17) is 9.72 Å². The summed E-state index contributed by atoms with van der Waals surface area (Å²) in [4.78, 5) is 19.7. The maximum absolute atomic E-state index is 12.9. The molecular weight excluding hydrogens is 356 g/mol. The lowest BCUT2D eigenvalue weighted by molar-refractivity contribution is -0.137. The van der Waals surface area contributed by atoms with Crippen molar-refractivity contribution in [3.8, 4) is 5.75 Å². The van der Waals surface area contributed by atoms with E-state index in [0.717, 1.165) is 47.6 Å². The molecule has 1 unspecified atom stereocenters. The number of carbonyl (C=O) groups is 1. The zero-order valence-corrected chi connectivity index (χ0v) is 16.6. The molecule has 2 aromatic carbocycles. The molecule has 0 bridgehead atoms. The summed E-state index contributed by atoms with van der Waals surface area (Å²) in [6.07, 6.45) is 3.13. The average molecular weight is 381 g/mol. The molecule has 3 aromatic rings. The van der Waals surface area contributed by atoms with Crippen molar-refractivity contribution in [3.63, 3.8) is 0 Å². The number of likely N-dealkylation sites (tertiary alicyclic amines) is 1. The largest absolute Gasteiger partial charge is 0.483 e. The molecule has 140 valence electrons. The first-order valence-corrected chi connectivity index (χ1v) is 10.3. The molecule has 1 aromatic heterocycles. The van der Waals surface area contributed by atoms with Crippen LogP contribution in [-0.4, -0.2) is 28.9 Å². The van der Waals surface area contributed by atoms with E-state index in [1.54, 1.807) is 11.3 Å². The van der Waals surface area contributed by atoms with Gasteiger partial charge in [-0.2, -0.15) is 0 Å². The summed E-state index contributed by atoms with van der Waals surface area (Å²) in [7, 11) is 0.